The Morgan fingerprint density at radius 3 is 3.07 bits per heavy atom. The van der Waals surface area contributed by atoms with Gasteiger partial charge in [-0.2, -0.15) is 0 Å². The molecule has 1 N–H and O–H groups in total. The van der Waals surface area contributed by atoms with Gasteiger partial charge in [-0.05, 0) is 18.6 Å². The highest BCUT2D eigenvalue weighted by atomic mass is 16.5. The second-order valence-corrected chi connectivity index (χ2v) is 2.81. The fourth-order valence-electron chi connectivity index (χ4n) is 1.06. The monoisotopic (exact) mass is 207 g/mol. The summed E-state index contributed by atoms with van der Waals surface area (Å²) in [5.41, 5.74) is 1.17. The molecule has 0 aromatic carbocycles. The number of rotatable bonds is 4. The number of carbonyl (C=O) groups is 1. The molecule has 1 aromatic rings. The zero-order valence-corrected chi connectivity index (χ0v) is 8.51. The molecule has 0 amide bonds. The third-order valence-corrected chi connectivity index (χ3v) is 1.69. The van der Waals surface area contributed by atoms with Crippen LogP contribution in [0.15, 0.2) is 24.5 Å². The third-order valence-electron chi connectivity index (χ3n) is 1.69. The Morgan fingerprint density at radius 1 is 1.60 bits per heavy atom. The summed E-state index contributed by atoms with van der Waals surface area (Å²) in [5.74, 6) is -0.385. The number of aromatic nitrogens is 1. The van der Waals surface area contributed by atoms with Crippen LogP contribution in [0.25, 0.3) is 6.08 Å². The molecule has 0 saturated carbocycles. The molecule has 0 atom stereocenters. The standard InChI is InChI=1S/C11H13NO3/c1-2-15-11(14)10-6-9(4-3-5-13)7-12-8-10/h3-4,6-8,13H,2,5H2,1H3. The molecule has 0 bridgehead atoms. The number of esters is 1. The van der Waals surface area contributed by atoms with Crippen LogP contribution in [0, 0.1) is 0 Å². The van der Waals surface area contributed by atoms with Crippen molar-refractivity contribution in [2.75, 3.05) is 13.2 Å². The number of hydrogen-bond donors (Lipinski definition) is 1. The van der Waals surface area contributed by atoms with Crippen LogP contribution in [0.3, 0.4) is 0 Å². The molecule has 0 aliphatic rings. The lowest BCUT2D eigenvalue weighted by Gasteiger charge is -2.01. The highest BCUT2D eigenvalue weighted by Gasteiger charge is 2.06. The Kier molecular flexibility index (Phi) is 4.50. The first-order valence-corrected chi connectivity index (χ1v) is 4.67. The molecule has 0 spiro atoms. The van der Waals surface area contributed by atoms with Crippen LogP contribution in [-0.4, -0.2) is 29.3 Å². The number of aliphatic hydroxyl groups is 1. The fraction of sp³-hybridized carbons (Fsp3) is 0.273. The zero-order chi connectivity index (χ0) is 11.1. The van der Waals surface area contributed by atoms with Gasteiger partial charge in [-0.25, -0.2) is 4.79 Å². The maximum absolute atomic E-state index is 11.3. The molecular formula is C11H13NO3. The third kappa shape index (κ3) is 3.52. The van der Waals surface area contributed by atoms with E-state index in [1.165, 1.54) is 6.20 Å². The molecule has 0 fully saturated rings. The summed E-state index contributed by atoms with van der Waals surface area (Å²) in [6.07, 6.45) is 6.32. The van der Waals surface area contributed by atoms with Gasteiger partial charge in [-0.3, -0.25) is 4.98 Å². The van der Waals surface area contributed by atoms with Crippen molar-refractivity contribution in [2.24, 2.45) is 0 Å². The number of pyridine rings is 1. The van der Waals surface area contributed by atoms with E-state index in [4.69, 9.17) is 9.84 Å². The number of aliphatic hydroxyl groups excluding tert-OH is 1. The van der Waals surface area contributed by atoms with Gasteiger partial charge in [0.1, 0.15) is 0 Å². The quantitative estimate of drug-likeness (QED) is 0.755. The predicted octanol–water partition coefficient (Wildman–Crippen LogP) is 1.26. The van der Waals surface area contributed by atoms with E-state index in [1.807, 2.05) is 0 Å². The summed E-state index contributed by atoms with van der Waals surface area (Å²) in [6, 6.07) is 1.66. The number of hydrogen-bond acceptors (Lipinski definition) is 4. The molecule has 0 unspecified atom stereocenters. The Morgan fingerprint density at radius 2 is 2.40 bits per heavy atom. The number of ether oxygens (including phenoxy) is 1. The van der Waals surface area contributed by atoms with Crippen molar-refractivity contribution in [3.63, 3.8) is 0 Å². The van der Waals surface area contributed by atoms with E-state index in [2.05, 4.69) is 4.98 Å². The molecule has 0 aliphatic carbocycles. The summed E-state index contributed by atoms with van der Waals surface area (Å²) in [5, 5.41) is 8.59. The fourth-order valence-corrected chi connectivity index (χ4v) is 1.06. The molecule has 0 radical (unpaired) electrons. The normalized spacial score (nSPS) is 10.5. The maximum atomic E-state index is 11.3. The minimum atomic E-state index is -0.385. The van der Waals surface area contributed by atoms with Crippen LogP contribution in [0.1, 0.15) is 22.8 Å². The molecule has 0 saturated heterocycles. The van der Waals surface area contributed by atoms with Crippen LogP contribution in [-0.2, 0) is 4.74 Å². The van der Waals surface area contributed by atoms with Crippen molar-refractivity contribution in [2.45, 2.75) is 6.92 Å². The highest BCUT2D eigenvalue weighted by Crippen LogP contribution is 2.06. The van der Waals surface area contributed by atoms with E-state index in [9.17, 15) is 4.79 Å². The second-order valence-electron chi connectivity index (χ2n) is 2.81. The Hall–Kier alpha value is -1.68. The zero-order valence-electron chi connectivity index (χ0n) is 8.51. The minimum Gasteiger partial charge on any atom is -0.462 e. The van der Waals surface area contributed by atoms with E-state index >= 15 is 0 Å². The first-order valence-electron chi connectivity index (χ1n) is 4.67. The number of carbonyl (C=O) groups excluding carboxylic acids is 1. The van der Waals surface area contributed by atoms with Gasteiger partial charge in [0, 0.05) is 12.4 Å². The lowest BCUT2D eigenvalue weighted by atomic mass is 10.2. The first kappa shape index (κ1) is 11.4. The Bertz CT molecular complexity index is 361. The van der Waals surface area contributed by atoms with Crippen LogP contribution < -0.4 is 0 Å². The van der Waals surface area contributed by atoms with Crippen LogP contribution in [0.4, 0.5) is 0 Å². The molecule has 4 heteroatoms. The van der Waals surface area contributed by atoms with Gasteiger partial charge in [-0.1, -0.05) is 12.2 Å². The second kappa shape index (κ2) is 5.93. The van der Waals surface area contributed by atoms with E-state index in [-0.39, 0.29) is 12.6 Å². The molecule has 1 heterocycles. The largest absolute Gasteiger partial charge is 0.462 e. The number of nitrogens with zero attached hydrogens (tertiary/aromatic N) is 1. The minimum absolute atomic E-state index is 0.0381. The van der Waals surface area contributed by atoms with Crippen molar-refractivity contribution in [3.05, 3.63) is 35.7 Å². The van der Waals surface area contributed by atoms with E-state index < -0.39 is 0 Å². The van der Waals surface area contributed by atoms with Crippen molar-refractivity contribution < 1.29 is 14.6 Å². The molecule has 4 nitrogen and oxygen atoms in total. The molecular weight excluding hydrogens is 194 g/mol. The van der Waals surface area contributed by atoms with Crippen LogP contribution >= 0.6 is 0 Å². The Balaban J connectivity index is 2.82. The van der Waals surface area contributed by atoms with Gasteiger partial charge in [0.05, 0.1) is 18.8 Å². The molecule has 0 aliphatic heterocycles. The lowest BCUT2D eigenvalue weighted by Crippen LogP contribution is -2.05. The molecule has 1 rings (SSSR count). The first-order chi connectivity index (χ1) is 7.27. The predicted molar refractivity (Wildman–Crippen MR) is 56.3 cm³/mol. The van der Waals surface area contributed by atoms with E-state index in [0.29, 0.717) is 12.2 Å². The SMILES string of the molecule is CCOC(=O)c1cncc(C=CCO)c1. The van der Waals surface area contributed by atoms with Crippen molar-refractivity contribution >= 4 is 12.0 Å². The lowest BCUT2D eigenvalue weighted by molar-refractivity contribution is 0.0526. The van der Waals surface area contributed by atoms with Crippen molar-refractivity contribution in [1.29, 1.82) is 0 Å². The molecule has 15 heavy (non-hydrogen) atoms. The van der Waals surface area contributed by atoms with Crippen molar-refractivity contribution in [3.8, 4) is 0 Å². The Labute approximate surface area is 88.2 Å². The summed E-state index contributed by atoms with van der Waals surface area (Å²) in [4.78, 5) is 15.2. The topological polar surface area (TPSA) is 59.4 Å². The molecule has 80 valence electrons. The highest BCUT2D eigenvalue weighted by molar-refractivity contribution is 5.89. The summed E-state index contributed by atoms with van der Waals surface area (Å²) < 4.78 is 4.83. The van der Waals surface area contributed by atoms with Crippen LogP contribution in [0.2, 0.25) is 0 Å². The van der Waals surface area contributed by atoms with Gasteiger partial charge < -0.3 is 9.84 Å². The van der Waals surface area contributed by atoms with E-state index in [1.54, 1.807) is 31.3 Å². The van der Waals surface area contributed by atoms with Gasteiger partial charge in [0.15, 0.2) is 0 Å². The van der Waals surface area contributed by atoms with Crippen molar-refractivity contribution in [1.82, 2.24) is 4.98 Å². The smallest absolute Gasteiger partial charge is 0.339 e. The molecule has 1 aromatic heterocycles. The van der Waals surface area contributed by atoms with Crippen LogP contribution in [0.5, 0.6) is 0 Å². The summed E-state index contributed by atoms with van der Waals surface area (Å²) >= 11 is 0. The van der Waals surface area contributed by atoms with Gasteiger partial charge in [0.2, 0.25) is 0 Å². The average Bonchev–Trinajstić information content (AvgIpc) is 2.27. The van der Waals surface area contributed by atoms with Gasteiger partial charge in [0.25, 0.3) is 0 Å². The summed E-state index contributed by atoms with van der Waals surface area (Å²) in [6.45, 7) is 2.06. The maximum Gasteiger partial charge on any atom is 0.339 e. The van der Waals surface area contributed by atoms with Gasteiger partial charge >= 0.3 is 5.97 Å². The average molecular weight is 207 g/mol. The van der Waals surface area contributed by atoms with E-state index in [0.717, 1.165) is 5.56 Å². The van der Waals surface area contributed by atoms with Gasteiger partial charge in [-0.15, -0.1) is 0 Å². The summed E-state index contributed by atoms with van der Waals surface area (Å²) in [7, 11) is 0.